The van der Waals surface area contributed by atoms with Crippen LogP contribution in [0.3, 0.4) is 0 Å². The Morgan fingerprint density at radius 1 is 0.913 bits per heavy atom. The highest BCUT2D eigenvalue weighted by Crippen LogP contribution is 2.67. The van der Waals surface area contributed by atoms with E-state index in [2.05, 4.69) is 32.6 Å². The molecule has 254 valence electrons. The lowest BCUT2D eigenvalue weighted by Gasteiger charge is -2.21. The van der Waals surface area contributed by atoms with Crippen molar-refractivity contribution < 1.29 is 70.8 Å². The number of fused-ring (bicyclic) bond motifs is 1. The van der Waals surface area contributed by atoms with Gasteiger partial charge in [0.1, 0.15) is 42.5 Å². The Balaban J connectivity index is 1.13. The topological polar surface area (TPSA) is 352 Å². The van der Waals surface area contributed by atoms with Gasteiger partial charge in [-0.05, 0) is 0 Å². The van der Waals surface area contributed by atoms with Crippen LogP contribution < -0.4 is 17.0 Å². The second-order valence-electron chi connectivity index (χ2n) is 9.74. The van der Waals surface area contributed by atoms with Crippen molar-refractivity contribution >= 4 is 40.4 Å². The zero-order chi connectivity index (χ0) is 33.6. The van der Waals surface area contributed by atoms with E-state index in [1.54, 1.807) is 0 Å². The number of hydrogen-bond acceptors (Lipinski definition) is 18. The molecule has 5 heterocycles. The van der Waals surface area contributed by atoms with E-state index >= 15 is 0 Å². The summed E-state index contributed by atoms with van der Waals surface area (Å²) in [5, 5.41) is 30.8. The first-order chi connectivity index (χ1) is 21.5. The predicted octanol–water partition coefficient (Wildman–Crippen LogP) is -2.41. The fraction of sp³-hybridized carbons (Fsp3) is 0.526. The summed E-state index contributed by atoms with van der Waals surface area (Å²) in [6.07, 6.45) is -6.90. The highest BCUT2D eigenvalue weighted by atomic mass is 31.3. The van der Waals surface area contributed by atoms with E-state index in [0.717, 1.165) is 12.3 Å². The summed E-state index contributed by atoms with van der Waals surface area (Å²) in [7, 11) is -17.1. The number of imidazole rings is 1. The largest absolute Gasteiger partial charge is 0.490 e. The molecule has 2 aliphatic heterocycles. The first-order valence-corrected chi connectivity index (χ1v) is 17.2. The van der Waals surface area contributed by atoms with Gasteiger partial charge in [-0.2, -0.15) is 8.62 Å². The molecule has 27 heteroatoms. The summed E-state index contributed by atoms with van der Waals surface area (Å²) in [6, 6.07) is 0.918. The molecule has 0 saturated carbocycles. The molecule has 0 aliphatic carbocycles. The Bertz CT molecular complexity index is 1850. The number of aromatic nitrogens is 6. The molecule has 0 spiro atoms. The first kappa shape index (κ1) is 34.6. The lowest BCUT2D eigenvalue weighted by Crippen LogP contribution is -2.37. The van der Waals surface area contributed by atoms with Gasteiger partial charge in [-0.3, -0.25) is 28.0 Å². The normalized spacial score (nSPS) is 30.6. The molecule has 5 rings (SSSR count). The van der Waals surface area contributed by atoms with Gasteiger partial charge in [-0.25, -0.2) is 33.4 Å². The van der Waals surface area contributed by atoms with Crippen LogP contribution in [0.1, 0.15) is 18.9 Å². The van der Waals surface area contributed by atoms with Gasteiger partial charge in [0.15, 0.2) is 17.7 Å². The molecular formula is C19H26N7O17P3. The first-order valence-electron chi connectivity index (χ1n) is 12.7. The number of H-pyrrole nitrogens is 1. The standard InChI is InChI=1S/C19H26N7O17P3/c20-16-13-17(22-6-21-16)26(7-23-13)12-3-8(27)9(40-12)4-38-44(32,33)42-46(36,37)43-45(34,35)39-5-10-14(29)15(30)18(41-10)25-2-1-11(28)24-19(25)31/h1-2,6-10,12,14-15,18,27,29-30H,3-5H2,(H,32,33)(H,34,35)(H,36,37)(H2,20,21,22)(H,24,28,31)/t8-,9+,10+,12-,14+,15+,18+/m0/s1. The molecule has 0 radical (unpaired) electrons. The Morgan fingerprint density at radius 3 is 2.22 bits per heavy atom. The van der Waals surface area contributed by atoms with Crippen LogP contribution in [0.2, 0.25) is 0 Å². The minimum atomic E-state index is -5.91. The van der Waals surface area contributed by atoms with Crippen LogP contribution in [-0.4, -0.2) is 103 Å². The van der Waals surface area contributed by atoms with E-state index in [0.29, 0.717) is 4.57 Å². The zero-order valence-corrected chi connectivity index (χ0v) is 25.5. The van der Waals surface area contributed by atoms with Crippen molar-refractivity contribution in [3.63, 3.8) is 0 Å². The van der Waals surface area contributed by atoms with E-state index in [1.165, 1.54) is 17.2 Å². The summed E-state index contributed by atoms with van der Waals surface area (Å²) in [6.45, 7) is -1.96. The molecule has 2 fully saturated rings. The highest BCUT2D eigenvalue weighted by molar-refractivity contribution is 7.66. The molecule has 24 nitrogen and oxygen atoms in total. The molecule has 2 saturated heterocycles. The second-order valence-corrected chi connectivity index (χ2v) is 14.4. The molecule has 10 atom stereocenters. The lowest BCUT2D eigenvalue weighted by atomic mass is 10.1. The minimum absolute atomic E-state index is 0.0641. The van der Waals surface area contributed by atoms with E-state index in [1.807, 2.05) is 4.98 Å². The third-order valence-corrected chi connectivity index (χ3v) is 10.8. The maximum Gasteiger partial charge on any atom is 0.490 e. The molecule has 0 bridgehead atoms. The summed E-state index contributed by atoms with van der Waals surface area (Å²) < 4.78 is 67.0. The fourth-order valence-corrected chi connectivity index (χ4v) is 8.02. The number of nitrogens with zero attached hydrogens (tertiary/aromatic N) is 5. The fourth-order valence-electron chi connectivity index (χ4n) is 4.50. The number of nitrogens with one attached hydrogen (secondary N) is 1. The monoisotopic (exact) mass is 717 g/mol. The quantitative estimate of drug-likeness (QED) is 0.0904. The van der Waals surface area contributed by atoms with Crippen molar-refractivity contribution in [2.24, 2.45) is 0 Å². The number of anilines is 1. The third-order valence-electron chi connectivity index (χ3n) is 6.58. The molecule has 0 amide bonds. The molecule has 3 aromatic rings. The van der Waals surface area contributed by atoms with Crippen molar-refractivity contribution in [3.05, 3.63) is 45.8 Å². The van der Waals surface area contributed by atoms with Gasteiger partial charge >= 0.3 is 29.2 Å². The average molecular weight is 717 g/mol. The summed E-state index contributed by atoms with van der Waals surface area (Å²) >= 11 is 0. The van der Waals surface area contributed by atoms with Gasteiger partial charge in [-0.15, -0.1) is 0 Å². The van der Waals surface area contributed by atoms with Crippen LogP contribution in [0.5, 0.6) is 0 Å². The van der Waals surface area contributed by atoms with Crippen LogP contribution >= 0.6 is 23.5 Å². The smallest absolute Gasteiger partial charge is 0.390 e. The van der Waals surface area contributed by atoms with Crippen LogP contribution in [0.4, 0.5) is 5.82 Å². The van der Waals surface area contributed by atoms with Gasteiger partial charge in [-0.1, -0.05) is 0 Å². The molecular weight excluding hydrogens is 691 g/mol. The average Bonchev–Trinajstić information content (AvgIpc) is 3.62. The maximum absolute atomic E-state index is 12.3. The van der Waals surface area contributed by atoms with Gasteiger partial charge in [0.05, 0.1) is 25.6 Å². The maximum atomic E-state index is 12.3. The Kier molecular flexibility index (Phi) is 9.80. The van der Waals surface area contributed by atoms with Crippen molar-refractivity contribution in [1.29, 1.82) is 0 Å². The van der Waals surface area contributed by atoms with E-state index in [-0.39, 0.29) is 23.4 Å². The Labute approximate surface area is 254 Å². The highest BCUT2D eigenvalue weighted by Gasteiger charge is 2.47. The number of rotatable bonds is 12. The number of nitrogen functional groups attached to an aromatic ring is 1. The van der Waals surface area contributed by atoms with Gasteiger partial charge in [0.2, 0.25) is 0 Å². The van der Waals surface area contributed by atoms with Crippen LogP contribution in [0.25, 0.3) is 11.2 Å². The molecule has 0 aromatic carbocycles. The predicted molar refractivity (Wildman–Crippen MR) is 145 cm³/mol. The van der Waals surface area contributed by atoms with Crippen LogP contribution in [0.15, 0.2) is 34.5 Å². The molecule has 9 N–H and O–H groups in total. The van der Waals surface area contributed by atoms with Crippen molar-refractivity contribution in [2.75, 3.05) is 18.9 Å². The summed E-state index contributed by atoms with van der Waals surface area (Å²) in [4.78, 5) is 66.7. The number of phosphoric acid groups is 3. The number of hydrogen-bond donors (Lipinski definition) is 8. The van der Waals surface area contributed by atoms with Crippen molar-refractivity contribution in [3.8, 4) is 0 Å². The number of phosphoric ester groups is 2. The molecule has 3 aromatic heterocycles. The molecule has 2 aliphatic rings. The van der Waals surface area contributed by atoms with E-state index < -0.39 is 90.9 Å². The second kappa shape index (κ2) is 13.0. The molecule has 46 heavy (non-hydrogen) atoms. The zero-order valence-electron chi connectivity index (χ0n) is 22.8. The van der Waals surface area contributed by atoms with Gasteiger partial charge < -0.3 is 45.2 Å². The summed E-state index contributed by atoms with van der Waals surface area (Å²) in [5.41, 5.74) is 4.49. The van der Waals surface area contributed by atoms with Crippen LogP contribution in [0, 0.1) is 0 Å². The van der Waals surface area contributed by atoms with E-state index in [9.17, 15) is 53.3 Å². The number of aliphatic hydroxyl groups excluding tert-OH is 3. The van der Waals surface area contributed by atoms with Crippen molar-refractivity contribution in [1.82, 2.24) is 29.1 Å². The summed E-state index contributed by atoms with van der Waals surface area (Å²) in [5.74, 6) is 0.0894. The molecule has 3 unspecified atom stereocenters. The Morgan fingerprint density at radius 2 is 1.57 bits per heavy atom. The number of ether oxygens (including phenoxy) is 2. The number of aliphatic hydroxyl groups is 3. The SMILES string of the molecule is Nc1ncnc2c1ncn2[C@@H]1C[C@H](O)[C@@H](COP(=O)(O)OP(=O)(O)OP(=O)(O)OC[C@H]2O[C@@H](n3ccc(=O)[nH]c3=O)[C@H](O)[C@@H]2O)O1. The lowest BCUT2D eigenvalue weighted by molar-refractivity contribution is -0.0543. The van der Waals surface area contributed by atoms with Crippen molar-refractivity contribution in [2.45, 2.75) is 49.4 Å². The van der Waals surface area contributed by atoms with Crippen LogP contribution in [-0.2, 0) is 40.8 Å². The minimum Gasteiger partial charge on any atom is -0.390 e. The van der Waals surface area contributed by atoms with E-state index in [4.69, 9.17) is 15.2 Å². The third kappa shape index (κ3) is 7.68. The van der Waals surface area contributed by atoms with Gasteiger partial charge in [0, 0.05) is 18.7 Å². The number of nitrogens with two attached hydrogens (primary N) is 1. The van der Waals surface area contributed by atoms with Gasteiger partial charge in [0.25, 0.3) is 5.56 Å². The Hall–Kier alpha value is -2.76. The number of aromatic amines is 1.